The Morgan fingerprint density at radius 2 is 0.955 bits per heavy atom. The van der Waals surface area contributed by atoms with Crippen LogP contribution in [0.25, 0.3) is 0 Å². The summed E-state index contributed by atoms with van der Waals surface area (Å²) in [4.78, 5) is 49.5. The number of benzene rings is 3. The Labute approximate surface area is 382 Å². The van der Waals surface area contributed by atoms with Crippen molar-refractivity contribution in [3.8, 4) is 0 Å². The van der Waals surface area contributed by atoms with Gasteiger partial charge in [-0.2, -0.15) is 0 Å². The van der Waals surface area contributed by atoms with Crippen molar-refractivity contribution in [1.82, 2.24) is 0 Å². The van der Waals surface area contributed by atoms with E-state index >= 15 is 0 Å². The smallest absolute Gasteiger partial charge is 0.303 e. The molecule has 3 aromatic carbocycles. The first-order valence-electron chi connectivity index (χ1n) is 21.6. The van der Waals surface area contributed by atoms with Crippen LogP contribution in [0.4, 0.5) is 0 Å². The number of ether oxygens (including phenoxy) is 12. The Hall–Kier alpha value is -4.90. The fourth-order valence-electron chi connectivity index (χ4n) is 7.96. The van der Waals surface area contributed by atoms with E-state index in [1.165, 1.54) is 0 Å². The molecule has 3 aromatic rings. The monoisotopic (exact) mass is 926 g/mol. The van der Waals surface area contributed by atoms with Crippen molar-refractivity contribution < 1.29 is 91.3 Å². The number of carbonyl (C=O) groups is 4. The lowest BCUT2D eigenvalue weighted by Crippen LogP contribution is -2.68. The van der Waals surface area contributed by atoms with E-state index in [0.717, 1.165) is 44.4 Å². The Morgan fingerprint density at radius 3 is 1.45 bits per heavy atom. The first-order chi connectivity index (χ1) is 31.7. The van der Waals surface area contributed by atoms with Gasteiger partial charge < -0.3 is 72.2 Å². The van der Waals surface area contributed by atoms with Gasteiger partial charge in [-0.25, -0.2) is 0 Å². The lowest BCUT2D eigenvalue weighted by atomic mass is 9.95. The van der Waals surface area contributed by atoms with Crippen molar-refractivity contribution in [2.24, 2.45) is 0 Å². The molecule has 3 fully saturated rings. The van der Waals surface area contributed by atoms with E-state index in [2.05, 4.69) is 0 Å². The van der Waals surface area contributed by atoms with Gasteiger partial charge in [-0.05, 0) is 23.6 Å². The summed E-state index contributed by atoms with van der Waals surface area (Å²) in [6.07, 6.45) is -21.6. The molecule has 360 valence electrons. The van der Waals surface area contributed by atoms with Gasteiger partial charge in [0.25, 0.3) is 0 Å². The van der Waals surface area contributed by atoms with E-state index in [0.29, 0.717) is 0 Å². The third-order valence-electron chi connectivity index (χ3n) is 10.9. The predicted molar refractivity (Wildman–Crippen MR) is 225 cm³/mol. The molecule has 15 atom stereocenters. The van der Waals surface area contributed by atoms with E-state index in [1.807, 2.05) is 91.0 Å². The van der Waals surface area contributed by atoms with E-state index in [-0.39, 0.29) is 19.8 Å². The van der Waals surface area contributed by atoms with Gasteiger partial charge in [0.05, 0.1) is 32.5 Å². The van der Waals surface area contributed by atoms with Crippen LogP contribution in [0.5, 0.6) is 0 Å². The molecule has 0 aliphatic carbocycles. The SMILES string of the molecule is CC(=O)OC[C@H]1O[C@@H](O[C@H]2[C@H](O[C@@H]3O[C@@H](C)[C@@H](OCc4ccccc4)[C@@H](OCc4ccccc4)[C@@H]3OCc3ccccc3)[C@@H](O)[C@H](O)O[C@@H]2CO)[C@H](OC(C)=O)[C@@H](OC(C)=O)[C@H]1OC(C)=O. The standard InChI is InChI=1S/C47H58O19/c1-26-37(56-22-31-15-9-6-10-16-31)41(57-23-32-17-11-7-12-18-32)43(58-24-33-19-13-8-14-20-33)46(59-26)66-40-36(53)45(54)63-34(21-48)38(40)65-47-44(62-30(5)52)42(61-29(4)51)39(60-28(3)50)35(64-47)25-55-27(2)49/h6-20,26,34-48,53-54H,21-25H2,1-5H3/t26-,34+,35+,36+,37+,38+,39-,40+,41+,42-,43-,44+,45+,46-,47-/m0/s1. The minimum absolute atomic E-state index is 0.0442. The summed E-state index contributed by atoms with van der Waals surface area (Å²) in [7, 11) is 0. The fraction of sp³-hybridized carbons (Fsp3) is 0.532. The average Bonchev–Trinajstić information content (AvgIpc) is 3.29. The molecule has 0 radical (unpaired) electrons. The largest absolute Gasteiger partial charge is 0.463 e. The summed E-state index contributed by atoms with van der Waals surface area (Å²) < 4.78 is 73.2. The van der Waals surface area contributed by atoms with Crippen LogP contribution in [-0.4, -0.2) is 145 Å². The Morgan fingerprint density at radius 1 is 0.500 bits per heavy atom. The topological polar surface area (TPSA) is 240 Å². The quantitative estimate of drug-likeness (QED) is 0.116. The molecule has 3 heterocycles. The number of hydrogen-bond acceptors (Lipinski definition) is 19. The maximum Gasteiger partial charge on any atom is 0.303 e. The normalized spacial score (nSPS) is 32.2. The van der Waals surface area contributed by atoms with Crippen LogP contribution in [0.2, 0.25) is 0 Å². The molecule has 0 bridgehead atoms. The van der Waals surface area contributed by atoms with E-state index in [4.69, 9.17) is 56.8 Å². The molecule has 0 unspecified atom stereocenters. The lowest BCUT2D eigenvalue weighted by molar-refractivity contribution is -0.387. The summed E-state index contributed by atoms with van der Waals surface area (Å²) in [6.45, 7) is 5.07. The lowest BCUT2D eigenvalue weighted by Gasteiger charge is -2.50. The first-order valence-corrected chi connectivity index (χ1v) is 21.6. The number of rotatable bonds is 19. The number of carbonyl (C=O) groups excluding carboxylic acids is 4. The Kier molecular flexibility index (Phi) is 18.5. The minimum Gasteiger partial charge on any atom is -0.463 e. The van der Waals surface area contributed by atoms with Crippen molar-refractivity contribution in [3.63, 3.8) is 0 Å². The van der Waals surface area contributed by atoms with Crippen LogP contribution in [0.15, 0.2) is 91.0 Å². The van der Waals surface area contributed by atoms with Gasteiger partial charge in [0.1, 0.15) is 55.4 Å². The Balaban J connectivity index is 1.37. The second kappa shape index (κ2) is 24.2. The molecule has 66 heavy (non-hydrogen) atoms. The highest BCUT2D eigenvalue weighted by molar-refractivity contribution is 5.68. The van der Waals surface area contributed by atoms with Crippen LogP contribution >= 0.6 is 0 Å². The average molecular weight is 927 g/mol. The summed E-state index contributed by atoms with van der Waals surface area (Å²) in [5.74, 6) is -3.36. The third-order valence-corrected chi connectivity index (χ3v) is 10.9. The second-order valence-electron chi connectivity index (χ2n) is 16.0. The summed E-state index contributed by atoms with van der Waals surface area (Å²) in [5, 5.41) is 33.5. The molecule has 3 aliphatic heterocycles. The van der Waals surface area contributed by atoms with Crippen LogP contribution < -0.4 is 0 Å². The molecular weight excluding hydrogens is 868 g/mol. The highest BCUT2D eigenvalue weighted by Crippen LogP contribution is 2.37. The van der Waals surface area contributed by atoms with E-state index in [1.54, 1.807) is 6.92 Å². The molecular formula is C47H58O19. The van der Waals surface area contributed by atoms with Crippen LogP contribution in [-0.2, 0) is 95.8 Å². The van der Waals surface area contributed by atoms with Crippen molar-refractivity contribution >= 4 is 23.9 Å². The molecule has 3 N–H and O–H groups in total. The van der Waals surface area contributed by atoms with Gasteiger partial charge in [-0.3, -0.25) is 19.2 Å². The van der Waals surface area contributed by atoms with Crippen LogP contribution in [0.1, 0.15) is 51.3 Å². The second-order valence-corrected chi connectivity index (χ2v) is 16.0. The zero-order chi connectivity index (χ0) is 47.3. The van der Waals surface area contributed by atoms with Gasteiger partial charge in [0.15, 0.2) is 37.2 Å². The number of aliphatic hydroxyl groups is 3. The van der Waals surface area contributed by atoms with Crippen LogP contribution in [0, 0.1) is 0 Å². The minimum atomic E-state index is -1.95. The highest BCUT2D eigenvalue weighted by atomic mass is 16.8. The van der Waals surface area contributed by atoms with Crippen molar-refractivity contribution in [2.45, 2.75) is 147 Å². The molecule has 0 spiro atoms. The molecule has 0 saturated carbocycles. The zero-order valence-electron chi connectivity index (χ0n) is 37.2. The molecule has 19 nitrogen and oxygen atoms in total. The summed E-state index contributed by atoms with van der Waals surface area (Å²) >= 11 is 0. The molecule has 3 saturated heterocycles. The predicted octanol–water partition coefficient (Wildman–Crippen LogP) is 2.41. The van der Waals surface area contributed by atoms with Gasteiger partial charge in [0.2, 0.25) is 0 Å². The van der Waals surface area contributed by atoms with E-state index < -0.39 is 129 Å². The zero-order valence-corrected chi connectivity index (χ0v) is 37.2. The summed E-state index contributed by atoms with van der Waals surface area (Å²) in [5.41, 5.74) is 2.54. The van der Waals surface area contributed by atoms with Gasteiger partial charge in [-0.1, -0.05) is 91.0 Å². The third kappa shape index (κ3) is 13.6. The molecule has 0 aromatic heterocycles. The molecule has 0 amide bonds. The first kappa shape index (κ1) is 50.5. The van der Waals surface area contributed by atoms with Crippen LogP contribution in [0.3, 0.4) is 0 Å². The Bertz CT molecular complexity index is 1990. The summed E-state index contributed by atoms with van der Waals surface area (Å²) in [6, 6.07) is 28.3. The molecule has 19 heteroatoms. The highest BCUT2D eigenvalue weighted by Gasteiger charge is 2.57. The van der Waals surface area contributed by atoms with E-state index in [9.17, 15) is 34.5 Å². The molecule has 3 aliphatic rings. The molecule has 6 rings (SSSR count). The van der Waals surface area contributed by atoms with Gasteiger partial charge in [-0.15, -0.1) is 0 Å². The van der Waals surface area contributed by atoms with Gasteiger partial charge in [0, 0.05) is 27.7 Å². The van der Waals surface area contributed by atoms with Crippen molar-refractivity contribution in [3.05, 3.63) is 108 Å². The maximum atomic E-state index is 12.6. The van der Waals surface area contributed by atoms with Gasteiger partial charge >= 0.3 is 23.9 Å². The van der Waals surface area contributed by atoms with Crippen molar-refractivity contribution in [1.29, 1.82) is 0 Å². The number of hydrogen-bond donors (Lipinski definition) is 3. The fourth-order valence-corrected chi connectivity index (χ4v) is 7.96. The number of aliphatic hydroxyl groups excluding tert-OH is 3. The maximum absolute atomic E-state index is 12.6. The van der Waals surface area contributed by atoms with Crippen molar-refractivity contribution in [2.75, 3.05) is 13.2 Å². The number of esters is 4.